The van der Waals surface area contributed by atoms with E-state index in [2.05, 4.69) is 4.90 Å². The van der Waals surface area contributed by atoms with Crippen molar-refractivity contribution in [2.45, 2.75) is 45.1 Å². The van der Waals surface area contributed by atoms with Gasteiger partial charge in [0.05, 0.1) is 0 Å². The highest BCUT2D eigenvalue weighted by Gasteiger charge is 2.34. The normalized spacial score (nSPS) is 31.4. The zero-order valence-corrected chi connectivity index (χ0v) is 9.98. The molecule has 0 aromatic rings. The molecule has 0 radical (unpaired) electrons. The van der Waals surface area contributed by atoms with E-state index >= 15 is 0 Å². The molecular formula is C13H21NO2. The van der Waals surface area contributed by atoms with Crippen LogP contribution in [0.5, 0.6) is 0 Å². The van der Waals surface area contributed by atoms with Gasteiger partial charge in [-0.3, -0.25) is 4.90 Å². The van der Waals surface area contributed by atoms with E-state index in [1.54, 1.807) is 0 Å². The summed E-state index contributed by atoms with van der Waals surface area (Å²) >= 11 is 0. The van der Waals surface area contributed by atoms with E-state index in [0.29, 0.717) is 0 Å². The largest absolute Gasteiger partial charge is 0.478 e. The fraction of sp³-hybridized carbons (Fsp3) is 0.769. The van der Waals surface area contributed by atoms with Crippen molar-refractivity contribution in [1.82, 2.24) is 4.90 Å². The van der Waals surface area contributed by atoms with Crippen LogP contribution >= 0.6 is 0 Å². The average Bonchev–Trinajstić information content (AvgIpc) is 2.65. The highest BCUT2D eigenvalue weighted by molar-refractivity contribution is 5.80. The first-order valence-corrected chi connectivity index (χ1v) is 6.31. The summed E-state index contributed by atoms with van der Waals surface area (Å²) in [4.78, 5) is 13.1. The van der Waals surface area contributed by atoms with E-state index in [9.17, 15) is 4.79 Å². The van der Waals surface area contributed by atoms with Crippen molar-refractivity contribution in [3.8, 4) is 0 Å². The zero-order chi connectivity index (χ0) is 11.5. The second-order valence-corrected chi connectivity index (χ2v) is 5.20. The van der Waals surface area contributed by atoms with Gasteiger partial charge in [-0.2, -0.15) is 0 Å². The number of hydrogen-bond acceptors (Lipinski definition) is 2. The molecule has 1 heterocycles. The summed E-state index contributed by atoms with van der Waals surface area (Å²) in [6, 6.07) is 0.728. The lowest BCUT2D eigenvalue weighted by Gasteiger charge is -2.37. The van der Waals surface area contributed by atoms with Crippen LogP contribution < -0.4 is 0 Å². The highest BCUT2D eigenvalue weighted by Crippen LogP contribution is 2.36. The van der Waals surface area contributed by atoms with Crippen LogP contribution in [0.1, 0.15) is 39.0 Å². The number of hydrogen-bond donors (Lipinski definition) is 1. The Kier molecular flexibility index (Phi) is 3.64. The van der Waals surface area contributed by atoms with E-state index in [-0.39, 0.29) is 0 Å². The first kappa shape index (κ1) is 11.6. The third kappa shape index (κ3) is 2.64. The Bertz CT molecular complexity index is 298. The third-order valence-corrected chi connectivity index (χ3v) is 3.93. The smallest absolute Gasteiger partial charge is 0.328 e. The summed E-state index contributed by atoms with van der Waals surface area (Å²) in [7, 11) is 0. The van der Waals surface area contributed by atoms with E-state index in [4.69, 9.17) is 5.11 Å². The summed E-state index contributed by atoms with van der Waals surface area (Å²) in [5, 5.41) is 8.71. The molecule has 2 atom stereocenters. The molecule has 0 bridgehead atoms. The van der Waals surface area contributed by atoms with Crippen molar-refractivity contribution in [3.05, 3.63) is 11.6 Å². The molecule has 0 spiro atoms. The topological polar surface area (TPSA) is 40.5 Å². The molecule has 0 amide bonds. The Morgan fingerprint density at radius 2 is 2.12 bits per heavy atom. The second kappa shape index (κ2) is 5.00. The number of piperidine rings is 1. The van der Waals surface area contributed by atoms with Gasteiger partial charge in [0, 0.05) is 18.7 Å². The maximum atomic E-state index is 10.6. The Labute approximate surface area is 97.1 Å². The molecule has 2 aliphatic rings. The highest BCUT2D eigenvalue weighted by atomic mass is 16.4. The molecule has 3 nitrogen and oxygen atoms in total. The minimum absolute atomic E-state index is 0.728. The van der Waals surface area contributed by atoms with Gasteiger partial charge in [-0.25, -0.2) is 4.79 Å². The minimum Gasteiger partial charge on any atom is -0.478 e. The van der Waals surface area contributed by atoms with Gasteiger partial charge in [0.1, 0.15) is 0 Å². The van der Waals surface area contributed by atoms with Crippen molar-refractivity contribution >= 4 is 5.97 Å². The SMILES string of the molecule is CC(=CC(=O)O)CN1CCCC2CCCC21. The maximum absolute atomic E-state index is 10.6. The summed E-state index contributed by atoms with van der Waals surface area (Å²) < 4.78 is 0. The fourth-order valence-electron chi connectivity index (χ4n) is 3.33. The van der Waals surface area contributed by atoms with Crippen LogP contribution in [-0.4, -0.2) is 35.1 Å². The molecule has 2 rings (SSSR count). The van der Waals surface area contributed by atoms with Crippen molar-refractivity contribution in [2.24, 2.45) is 5.92 Å². The van der Waals surface area contributed by atoms with Gasteiger partial charge < -0.3 is 5.11 Å². The standard InChI is InChI=1S/C13H21NO2/c1-10(8-13(15)16)9-14-7-3-5-11-4-2-6-12(11)14/h8,11-12H,2-7,9H2,1H3,(H,15,16). The van der Waals surface area contributed by atoms with Gasteiger partial charge in [-0.05, 0) is 45.1 Å². The monoisotopic (exact) mass is 223 g/mol. The first-order chi connectivity index (χ1) is 7.66. The number of nitrogens with zero attached hydrogens (tertiary/aromatic N) is 1. The molecule has 1 aliphatic heterocycles. The minimum atomic E-state index is -0.822. The molecule has 0 aromatic heterocycles. The molecule has 1 saturated carbocycles. The lowest BCUT2D eigenvalue weighted by molar-refractivity contribution is -0.131. The van der Waals surface area contributed by atoms with Gasteiger partial charge >= 0.3 is 5.97 Å². The van der Waals surface area contributed by atoms with Gasteiger partial charge in [0.25, 0.3) is 0 Å². The molecule has 2 unspecified atom stereocenters. The van der Waals surface area contributed by atoms with Crippen LogP contribution in [0.2, 0.25) is 0 Å². The van der Waals surface area contributed by atoms with Crippen molar-refractivity contribution in [3.63, 3.8) is 0 Å². The summed E-state index contributed by atoms with van der Waals surface area (Å²) in [5.74, 6) is 0.0591. The van der Waals surface area contributed by atoms with Crippen LogP contribution in [0.4, 0.5) is 0 Å². The molecule has 1 saturated heterocycles. The fourth-order valence-corrected chi connectivity index (χ4v) is 3.33. The summed E-state index contributed by atoms with van der Waals surface area (Å²) in [5.41, 5.74) is 0.972. The van der Waals surface area contributed by atoms with Crippen LogP contribution in [0, 0.1) is 5.92 Å². The Morgan fingerprint density at radius 1 is 1.38 bits per heavy atom. The number of carbonyl (C=O) groups is 1. The Balaban J connectivity index is 1.95. The average molecular weight is 223 g/mol. The van der Waals surface area contributed by atoms with Crippen molar-refractivity contribution in [1.29, 1.82) is 0 Å². The van der Waals surface area contributed by atoms with Gasteiger partial charge in [-0.1, -0.05) is 12.0 Å². The van der Waals surface area contributed by atoms with Gasteiger partial charge in [0.2, 0.25) is 0 Å². The van der Waals surface area contributed by atoms with E-state index in [0.717, 1.165) is 30.6 Å². The molecule has 3 heteroatoms. The second-order valence-electron chi connectivity index (χ2n) is 5.20. The first-order valence-electron chi connectivity index (χ1n) is 6.31. The van der Waals surface area contributed by atoms with E-state index < -0.39 is 5.97 Å². The number of carboxylic acids is 1. The molecule has 1 aliphatic carbocycles. The summed E-state index contributed by atoms with van der Waals surface area (Å²) in [6.45, 7) is 3.91. The number of likely N-dealkylation sites (tertiary alicyclic amines) is 1. The molecule has 2 fully saturated rings. The van der Waals surface area contributed by atoms with E-state index in [1.165, 1.54) is 38.2 Å². The van der Waals surface area contributed by atoms with Gasteiger partial charge in [0.15, 0.2) is 0 Å². The molecule has 16 heavy (non-hydrogen) atoms. The van der Waals surface area contributed by atoms with Crippen LogP contribution in [0.15, 0.2) is 11.6 Å². The van der Waals surface area contributed by atoms with Crippen molar-refractivity contribution in [2.75, 3.05) is 13.1 Å². The maximum Gasteiger partial charge on any atom is 0.328 e. The molecule has 1 N–H and O–H groups in total. The number of fused-ring (bicyclic) bond motifs is 1. The van der Waals surface area contributed by atoms with Crippen LogP contribution in [-0.2, 0) is 4.79 Å². The number of aliphatic carboxylic acids is 1. The van der Waals surface area contributed by atoms with Crippen LogP contribution in [0.3, 0.4) is 0 Å². The van der Waals surface area contributed by atoms with Crippen LogP contribution in [0.25, 0.3) is 0 Å². The van der Waals surface area contributed by atoms with Crippen molar-refractivity contribution < 1.29 is 9.90 Å². The Morgan fingerprint density at radius 3 is 2.88 bits per heavy atom. The lowest BCUT2D eigenvalue weighted by Crippen LogP contribution is -2.43. The Hall–Kier alpha value is -0.830. The zero-order valence-electron chi connectivity index (χ0n) is 9.98. The molecule has 0 aromatic carbocycles. The summed E-state index contributed by atoms with van der Waals surface area (Å²) in [6.07, 6.45) is 8.05. The molecular weight excluding hydrogens is 202 g/mol. The predicted molar refractivity (Wildman–Crippen MR) is 63.3 cm³/mol. The van der Waals surface area contributed by atoms with E-state index in [1.807, 2.05) is 6.92 Å². The predicted octanol–water partition coefficient (Wildman–Crippen LogP) is 2.28. The third-order valence-electron chi connectivity index (χ3n) is 3.93. The number of rotatable bonds is 3. The lowest BCUT2D eigenvalue weighted by atomic mass is 9.91. The quantitative estimate of drug-likeness (QED) is 0.746. The number of carboxylic acid groups (broad SMARTS) is 1. The van der Waals surface area contributed by atoms with Gasteiger partial charge in [-0.15, -0.1) is 0 Å². The molecule has 90 valence electrons.